The molecule has 0 saturated carbocycles. The maximum absolute atomic E-state index is 12.8. The van der Waals surface area contributed by atoms with Crippen LogP contribution in [-0.2, 0) is 18.4 Å². The second-order valence-corrected chi connectivity index (χ2v) is 22.1. The molecule has 8 nitrogen and oxygen atoms in total. The van der Waals surface area contributed by atoms with Gasteiger partial charge in [0.1, 0.15) is 13.2 Å². The predicted octanol–water partition coefficient (Wildman–Crippen LogP) is 16.0. The number of phosphoric acid groups is 1. The van der Waals surface area contributed by atoms with Crippen LogP contribution in [-0.4, -0.2) is 68.5 Å². The molecule has 0 aliphatic heterocycles. The Labute approximate surface area is 399 Å². The zero-order valence-electron chi connectivity index (χ0n) is 43.5. The Morgan fingerprint density at radius 3 is 1.22 bits per heavy atom. The van der Waals surface area contributed by atoms with E-state index in [1.165, 1.54) is 205 Å². The molecule has 3 unspecified atom stereocenters. The number of amides is 1. The van der Waals surface area contributed by atoms with E-state index in [-0.39, 0.29) is 19.1 Å². The molecule has 0 radical (unpaired) electrons. The molecule has 64 heavy (non-hydrogen) atoms. The zero-order chi connectivity index (χ0) is 47.1. The van der Waals surface area contributed by atoms with Gasteiger partial charge in [-0.25, -0.2) is 0 Å². The summed E-state index contributed by atoms with van der Waals surface area (Å²) in [6.45, 7) is 4.65. The Morgan fingerprint density at radius 1 is 0.531 bits per heavy atom. The maximum Gasteiger partial charge on any atom is 0.268 e. The lowest BCUT2D eigenvalue weighted by Crippen LogP contribution is -2.46. The lowest BCUT2D eigenvalue weighted by Gasteiger charge is -2.30. The highest BCUT2D eigenvalue weighted by molar-refractivity contribution is 7.45. The van der Waals surface area contributed by atoms with Crippen LogP contribution in [0.15, 0.2) is 12.2 Å². The van der Waals surface area contributed by atoms with Crippen molar-refractivity contribution in [3.8, 4) is 0 Å². The molecule has 0 aliphatic rings. The Kier molecular flexibility index (Phi) is 46.8. The van der Waals surface area contributed by atoms with Gasteiger partial charge in [0.25, 0.3) is 7.82 Å². The molecule has 0 aromatic rings. The highest BCUT2D eigenvalue weighted by atomic mass is 31.2. The molecule has 0 aromatic carbocycles. The maximum atomic E-state index is 12.8. The SMILES string of the molecule is CCCCCCCCCC/C=C\CCCCCCCCCCCCCCCCCCCCCCCCCCCC(=O)NC(COP(=O)([O-])OCC[N+](C)(C)C)C(O)CCCCCCC. The summed E-state index contributed by atoms with van der Waals surface area (Å²) in [6, 6.07) is -0.792. The van der Waals surface area contributed by atoms with E-state index in [2.05, 4.69) is 31.3 Å². The smallest absolute Gasteiger partial charge is 0.268 e. The average molecular weight is 927 g/mol. The number of carbonyl (C=O) groups is 1. The number of carbonyl (C=O) groups excluding carboxylic acids is 1. The average Bonchev–Trinajstić information content (AvgIpc) is 3.25. The van der Waals surface area contributed by atoms with E-state index in [9.17, 15) is 19.4 Å². The number of hydrogen-bond acceptors (Lipinski definition) is 6. The van der Waals surface area contributed by atoms with E-state index >= 15 is 0 Å². The molecule has 2 N–H and O–H groups in total. The summed E-state index contributed by atoms with van der Waals surface area (Å²) in [5.74, 6) is -0.166. The molecule has 3 atom stereocenters. The third-order valence-corrected chi connectivity index (χ3v) is 14.0. The van der Waals surface area contributed by atoms with Crippen LogP contribution in [0.3, 0.4) is 0 Å². The number of aliphatic hydroxyl groups excluding tert-OH is 1. The van der Waals surface area contributed by atoms with E-state index in [4.69, 9.17) is 9.05 Å². The van der Waals surface area contributed by atoms with Crippen molar-refractivity contribution in [2.24, 2.45) is 0 Å². The van der Waals surface area contributed by atoms with Gasteiger partial charge in [0, 0.05) is 6.42 Å². The molecule has 382 valence electrons. The van der Waals surface area contributed by atoms with Gasteiger partial charge in [-0.3, -0.25) is 9.36 Å². The fourth-order valence-electron chi connectivity index (χ4n) is 8.57. The van der Waals surface area contributed by atoms with Gasteiger partial charge in [-0.15, -0.1) is 0 Å². The fourth-order valence-corrected chi connectivity index (χ4v) is 9.29. The molecular weight excluding hydrogens is 816 g/mol. The Bertz CT molecular complexity index is 1050. The Hall–Kier alpha value is -0.760. The molecule has 0 spiro atoms. The number of aliphatic hydroxyl groups is 1. The Balaban J connectivity index is 3.66. The molecule has 0 rings (SSSR count). The van der Waals surface area contributed by atoms with Crippen LogP contribution < -0.4 is 10.2 Å². The van der Waals surface area contributed by atoms with Crippen molar-refractivity contribution < 1.29 is 32.9 Å². The normalized spacial score (nSPS) is 14.0. The molecular formula is C55H111N2O6P. The van der Waals surface area contributed by atoms with Gasteiger partial charge in [-0.05, 0) is 38.5 Å². The third kappa shape index (κ3) is 49.2. The van der Waals surface area contributed by atoms with Crippen LogP contribution in [0.1, 0.15) is 284 Å². The van der Waals surface area contributed by atoms with Crippen molar-refractivity contribution in [3.63, 3.8) is 0 Å². The van der Waals surface area contributed by atoms with Gasteiger partial charge in [0.2, 0.25) is 5.91 Å². The summed E-state index contributed by atoms with van der Waals surface area (Å²) in [6.07, 6.45) is 57.6. The van der Waals surface area contributed by atoms with Crippen LogP contribution in [0.4, 0.5) is 0 Å². The largest absolute Gasteiger partial charge is 0.756 e. The van der Waals surface area contributed by atoms with Crippen LogP contribution >= 0.6 is 7.82 Å². The fraction of sp³-hybridized carbons (Fsp3) is 0.945. The molecule has 0 bridgehead atoms. The van der Waals surface area contributed by atoms with Crippen molar-refractivity contribution in [1.29, 1.82) is 0 Å². The third-order valence-electron chi connectivity index (χ3n) is 13.0. The second-order valence-electron chi connectivity index (χ2n) is 20.6. The lowest BCUT2D eigenvalue weighted by atomic mass is 10.0. The van der Waals surface area contributed by atoms with Crippen molar-refractivity contribution >= 4 is 13.7 Å². The standard InChI is InChI=1S/C55H111N2O6P/c1-6-8-10-12-13-14-15-16-17-18-19-20-21-22-23-24-25-26-27-28-29-30-31-32-33-34-35-36-37-38-39-40-41-42-43-45-47-49-55(59)56-53(54(58)48-46-44-11-9-7-2)52-63-64(60,61)62-51-50-57(3,4)5/h18-19,53-54,58H,6-17,20-52H2,1-5H3,(H-,56,59,60,61)/b19-18-. The molecule has 0 heterocycles. The number of quaternary nitrogens is 1. The molecule has 0 fully saturated rings. The van der Waals surface area contributed by atoms with Gasteiger partial charge >= 0.3 is 0 Å². The minimum absolute atomic E-state index is 0.0142. The van der Waals surface area contributed by atoms with Crippen molar-refractivity contribution in [3.05, 3.63) is 12.2 Å². The number of phosphoric ester groups is 1. The number of hydrogen-bond donors (Lipinski definition) is 2. The van der Waals surface area contributed by atoms with E-state index in [0.29, 0.717) is 23.9 Å². The number of unbranched alkanes of at least 4 members (excludes halogenated alkanes) is 37. The summed E-state index contributed by atoms with van der Waals surface area (Å²) in [5, 5.41) is 13.7. The van der Waals surface area contributed by atoms with E-state index < -0.39 is 20.0 Å². The highest BCUT2D eigenvalue weighted by Crippen LogP contribution is 2.38. The summed E-state index contributed by atoms with van der Waals surface area (Å²) >= 11 is 0. The van der Waals surface area contributed by atoms with Crippen LogP contribution in [0.5, 0.6) is 0 Å². The van der Waals surface area contributed by atoms with Gasteiger partial charge in [-0.1, -0.05) is 251 Å². The van der Waals surface area contributed by atoms with Gasteiger partial charge in [-0.2, -0.15) is 0 Å². The number of nitrogens with zero attached hydrogens (tertiary/aromatic N) is 1. The summed E-state index contributed by atoms with van der Waals surface area (Å²) < 4.78 is 23.1. The lowest BCUT2D eigenvalue weighted by molar-refractivity contribution is -0.870. The number of likely N-dealkylation sites (N-methyl/N-ethyl adjacent to an activating group) is 1. The number of nitrogens with one attached hydrogen (secondary N) is 1. The summed E-state index contributed by atoms with van der Waals surface area (Å²) in [5.41, 5.74) is 0. The van der Waals surface area contributed by atoms with Crippen molar-refractivity contribution in [2.45, 2.75) is 296 Å². The first-order chi connectivity index (χ1) is 31.0. The number of allylic oxidation sites excluding steroid dienone is 2. The second kappa shape index (κ2) is 47.3. The predicted molar refractivity (Wildman–Crippen MR) is 275 cm³/mol. The quantitative estimate of drug-likeness (QED) is 0.0272. The van der Waals surface area contributed by atoms with Crippen molar-refractivity contribution in [2.75, 3.05) is 40.9 Å². The van der Waals surface area contributed by atoms with Crippen LogP contribution in [0.2, 0.25) is 0 Å². The monoisotopic (exact) mass is 927 g/mol. The summed E-state index contributed by atoms with van der Waals surface area (Å²) in [7, 11) is 1.31. The van der Waals surface area contributed by atoms with E-state index in [1.807, 2.05) is 21.1 Å². The van der Waals surface area contributed by atoms with Crippen LogP contribution in [0.25, 0.3) is 0 Å². The van der Waals surface area contributed by atoms with Crippen LogP contribution in [0, 0.1) is 0 Å². The molecule has 0 aliphatic carbocycles. The first kappa shape index (κ1) is 63.2. The first-order valence-corrected chi connectivity index (χ1v) is 29.5. The van der Waals surface area contributed by atoms with Gasteiger partial charge < -0.3 is 28.8 Å². The Morgan fingerprint density at radius 2 is 0.859 bits per heavy atom. The minimum Gasteiger partial charge on any atom is -0.756 e. The van der Waals surface area contributed by atoms with Gasteiger partial charge in [0.05, 0.1) is 39.9 Å². The molecule has 1 amide bonds. The topological polar surface area (TPSA) is 108 Å². The zero-order valence-corrected chi connectivity index (χ0v) is 44.4. The molecule has 9 heteroatoms. The molecule has 0 aromatic heterocycles. The minimum atomic E-state index is -4.55. The summed E-state index contributed by atoms with van der Waals surface area (Å²) in [4.78, 5) is 25.2. The highest BCUT2D eigenvalue weighted by Gasteiger charge is 2.24. The van der Waals surface area contributed by atoms with E-state index in [0.717, 1.165) is 51.4 Å². The van der Waals surface area contributed by atoms with Crippen molar-refractivity contribution in [1.82, 2.24) is 5.32 Å². The molecule has 0 saturated heterocycles. The first-order valence-electron chi connectivity index (χ1n) is 28.0. The van der Waals surface area contributed by atoms with Gasteiger partial charge in [0.15, 0.2) is 0 Å². The number of rotatable bonds is 52. The van der Waals surface area contributed by atoms with E-state index in [1.54, 1.807) is 0 Å².